The zero-order valence-electron chi connectivity index (χ0n) is 15.1. The SMILES string of the molecule is CC(=Cc1ccccc1)CN1CCN(c2cc(C)ccc2C)CC1. The molecule has 126 valence electrons. The molecule has 1 saturated heterocycles. The van der Waals surface area contributed by atoms with E-state index in [0.717, 1.165) is 32.7 Å². The number of rotatable bonds is 4. The highest BCUT2D eigenvalue weighted by atomic mass is 15.3. The third kappa shape index (κ3) is 4.27. The van der Waals surface area contributed by atoms with Crippen LogP contribution in [0.1, 0.15) is 23.6 Å². The molecule has 0 saturated carbocycles. The summed E-state index contributed by atoms with van der Waals surface area (Å²) in [5.74, 6) is 0. The minimum atomic E-state index is 1.07. The van der Waals surface area contributed by atoms with Crippen LogP contribution in [0.15, 0.2) is 54.1 Å². The Labute approximate surface area is 146 Å². The molecule has 3 rings (SSSR count). The molecule has 1 fully saturated rings. The number of benzene rings is 2. The molecule has 0 unspecified atom stereocenters. The number of aryl methyl sites for hydroxylation is 2. The third-order valence-electron chi connectivity index (χ3n) is 4.76. The second kappa shape index (κ2) is 7.67. The molecule has 2 aromatic carbocycles. The first-order valence-corrected chi connectivity index (χ1v) is 8.88. The summed E-state index contributed by atoms with van der Waals surface area (Å²) in [6.45, 7) is 12.2. The van der Waals surface area contributed by atoms with Gasteiger partial charge in [-0.1, -0.05) is 54.1 Å². The van der Waals surface area contributed by atoms with Crippen molar-refractivity contribution < 1.29 is 0 Å². The van der Waals surface area contributed by atoms with Gasteiger partial charge >= 0.3 is 0 Å². The predicted molar refractivity (Wildman–Crippen MR) is 105 cm³/mol. The molecule has 0 aromatic heterocycles. The molecule has 2 nitrogen and oxygen atoms in total. The van der Waals surface area contributed by atoms with Crippen molar-refractivity contribution in [3.63, 3.8) is 0 Å². The maximum Gasteiger partial charge on any atom is 0.0399 e. The highest BCUT2D eigenvalue weighted by molar-refractivity contribution is 5.55. The van der Waals surface area contributed by atoms with Gasteiger partial charge in [0.15, 0.2) is 0 Å². The Hall–Kier alpha value is -2.06. The number of hydrogen-bond acceptors (Lipinski definition) is 2. The Bertz CT molecular complexity index is 695. The van der Waals surface area contributed by atoms with E-state index in [4.69, 9.17) is 0 Å². The van der Waals surface area contributed by atoms with Gasteiger partial charge in [0.2, 0.25) is 0 Å². The fraction of sp³-hybridized carbons (Fsp3) is 0.364. The Morgan fingerprint density at radius 3 is 2.38 bits per heavy atom. The number of nitrogens with zero attached hydrogens (tertiary/aromatic N) is 2. The molecular formula is C22H28N2. The van der Waals surface area contributed by atoms with E-state index < -0.39 is 0 Å². The van der Waals surface area contributed by atoms with Crippen LogP contribution in [0, 0.1) is 13.8 Å². The van der Waals surface area contributed by atoms with Gasteiger partial charge in [-0.2, -0.15) is 0 Å². The lowest BCUT2D eigenvalue weighted by Crippen LogP contribution is -2.47. The maximum atomic E-state index is 2.57. The van der Waals surface area contributed by atoms with E-state index in [2.05, 4.69) is 85.2 Å². The topological polar surface area (TPSA) is 6.48 Å². The van der Waals surface area contributed by atoms with Crippen LogP contribution in [-0.4, -0.2) is 37.6 Å². The van der Waals surface area contributed by atoms with Gasteiger partial charge in [-0.05, 0) is 43.5 Å². The standard InChI is InChI=1S/C22H28N2/c1-18-9-10-20(3)22(16-18)24-13-11-23(12-14-24)17-19(2)15-21-7-5-4-6-8-21/h4-10,15-16H,11-14,17H2,1-3H3. The monoisotopic (exact) mass is 320 g/mol. The normalized spacial score (nSPS) is 16.5. The Balaban J connectivity index is 1.57. The van der Waals surface area contributed by atoms with Crippen molar-refractivity contribution >= 4 is 11.8 Å². The summed E-state index contributed by atoms with van der Waals surface area (Å²) >= 11 is 0. The molecule has 2 aromatic rings. The summed E-state index contributed by atoms with van der Waals surface area (Å²) in [6, 6.07) is 17.4. The van der Waals surface area contributed by atoms with Crippen LogP contribution >= 0.6 is 0 Å². The molecule has 0 atom stereocenters. The van der Waals surface area contributed by atoms with Crippen LogP contribution in [0.5, 0.6) is 0 Å². The van der Waals surface area contributed by atoms with Crippen LogP contribution in [0.2, 0.25) is 0 Å². The first kappa shape index (κ1) is 16.8. The molecule has 0 radical (unpaired) electrons. The Morgan fingerprint density at radius 2 is 1.67 bits per heavy atom. The summed E-state index contributed by atoms with van der Waals surface area (Å²) in [5, 5.41) is 0. The molecule has 0 spiro atoms. The molecule has 1 aliphatic heterocycles. The van der Waals surface area contributed by atoms with Crippen molar-refractivity contribution in [1.82, 2.24) is 4.90 Å². The van der Waals surface area contributed by atoms with Gasteiger partial charge < -0.3 is 4.90 Å². The average molecular weight is 320 g/mol. The molecule has 2 heteroatoms. The summed E-state index contributed by atoms with van der Waals surface area (Å²) < 4.78 is 0. The molecule has 1 aliphatic rings. The molecule has 0 aliphatic carbocycles. The Morgan fingerprint density at radius 1 is 0.958 bits per heavy atom. The van der Waals surface area contributed by atoms with Crippen molar-refractivity contribution in [2.75, 3.05) is 37.6 Å². The van der Waals surface area contributed by atoms with Crippen molar-refractivity contribution in [3.05, 3.63) is 70.8 Å². The van der Waals surface area contributed by atoms with Crippen LogP contribution in [-0.2, 0) is 0 Å². The minimum Gasteiger partial charge on any atom is -0.369 e. The van der Waals surface area contributed by atoms with E-state index in [1.54, 1.807) is 0 Å². The molecule has 0 N–H and O–H groups in total. The maximum absolute atomic E-state index is 2.57. The summed E-state index contributed by atoms with van der Waals surface area (Å²) in [5.41, 5.74) is 6.87. The highest BCUT2D eigenvalue weighted by Gasteiger charge is 2.18. The van der Waals surface area contributed by atoms with Gasteiger partial charge in [0.1, 0.15) is 0 Å². The van der Waals surface area contributed by atoms with E-state index in [1.165, 1.54) is 28.0 Å². The number of anilines is 1. The van der Waals surface area contributed by atoms with Gasteiger partial charge in [0, 0.05) is 38.4 Å². The van der Waals surface area contributed by atoms with Crippen LogP contribution in [0.3, 0.4) is 0 Å². The van der Waals surface area contributed by atoms with Gasteiger partial charge in [-0.25, -0.2) is 0 Å². The van der Waals surface area contributed by atoms with Crippen LogP contribution in [0.25, 0.3) is 6.08 Å². The molecular weight excluding hydrogens is 292 g/mol. The zero-order valence-corrected chi connectivity index (χ0v) is 15.1. The van der Waals surface area contributed by atoms with Crippen LogP contribution in [0.4, 0.5) is 5.69 Å². The van der Waals surface area contributed by atoms with Crippen molar-refractivity contribution in [2.24, 2.45) is 0 Å². The fourth-order valence-electron chi connectivity index (χ4n) is 3.44. The van der Waals surface area contributed by atoms with Crippen LogP contribution < -0.4 is 4.90 Å². The van der Waals surface area contributed by atoms with Gasteiger partial charge in [-0.3, -0.25) is 4.90 Å². The lowest BCUT2D eigenvalue weighted by molar-refractivity contribution is 0.278. The predicted octanol–water partition coefficient (Wildman–Crippen LogP) is 4.53. The smallest absolute Gasteiger partial charge is 0.0399 e. The van der Waals surface area contributed by atoms with E-state index in [-0.39, 0.29) is 0 Å². The largest absolute Gasteiger partial charge is 0.369 e. The second-order valence-corrected chi connectivity index (χ2v) is 6.95. The molecule has 0 bridgehead atoms. The number of hydrogen-bond donors (Lipinski definition) is 0. The van der Waals surface area contributed by atoms with Gasteiger partial charge in [-0.15, -0.1) is 0 Å². The lowest BCUT2D eigenvalue weighted by atomic mass is 10.1. The first-order valence-electron chi connectivity index (χ1n) is 8.88. The van der Waals surface area contributed by atoms with Gasteiger partial charge in [0.05, 0.1) is 0 Å². The van der Waals surface area contributed by atoms with E-state index in [1.807, 2.05) is 0 Å². The second-order valence-electron chi connectivity index (χ2n) is 6.95. The highest BCUT2D eigenvalue weighted by Crippen LogP contribution is 2.23. The summed E-state index contributed by atoms with van der Waals surface area (Å²) in [7, 11) is 0. The lowest BCUT2D eigenvalue weighted by Gasteiger charge is -2.37. The summed E-state index contributed by atoms with van der Waals surface area (Å²) in [6.07, 6.45) is 2.30. The van der Waals surface area contributed by atoms with E-state index in [9.17, 15) is 0 Å². The van der Waals surface area contributed by atoms with Gasteiger partial charge in [0.25, 0.3) is 0 Å². The molecule has 0 amide bonds. The summed E-state index contributed by atoms with van der Waals surface area (Å²) in [4.78, 5) is 5.10. The van der Waals surface area contributed by atoms with Crippen molar-refractivity contribution in [1.29, 1.82) is 0 Å². The number of piperazine rings is 1. The van der Waals surface area contributed by atoms with E-state index in [0.29, 0.717) is 0 Å². The van der Waals surface area contributed by atoms with E-state index >= 15 is 0 Å². The minimum absolute atomic E-state index is 1.07. The quantitative estimate of drug-likeness (QED) is 0.816. The average Bonchev–Trinajstić information content (AvgIpc) is 2.59. The third-order valence-corrected chi connectivity index (χ3v) is 4.76. The fourth-order valence-corrected chi connectivity index (χ4v) is 3.44. The first-order chi connectivity index (χ1) is 11.6. The zero-order chi connectivity index (χ0) is 16.9. The molecule has 1 heterocycles. The van der Waals surface area contributed by atoms with Crippen molar-refractivity contribution in [3.8, 4) is 0 Å². The van der Waals surface area contributed by atoms with Crippen molar-refractivity contribution in [2.45, 2.75) is 20.8 Å². The molecule has 24 heavy (non-hydrogen) atoms. The Kier molecular flexibility index (Phi) is 5.37.